The van der Waals surface area contributed by atoms with Crippen molar-refractivity contribution < 1.29 is 49.4 Å². The molecule has 1 rings (SSSR count). The molecule has 0 amide bonds. The number of unbranched alkanes of at least 4 members (excludes halogenated alkanes) is 1. The van der Waals surface area contributed by atoms with Crippen molar-refractivity contribution in [1.29, 1.82) is 0 Å². The molecule has 0 unspecified atom stereocenters. The van der Waals surface area contributed by atoms with E-state index in [-0.39, 0.29) is 0 Å². The first-order chi connectivity index (χ1) is 8.55. The second-order valence-corrected chi connectivity index (χ2v) is 7.83. The van der Waals surface area contributed by atoms with Crippen LogP contribution in [-0.4, -0.2) is 14.8 Å². The van der Waals surface area contributed by atoms with Crippen molar-refractivity contribution in [2.45, 2.75) is 26.2 Å². The third-order valence-electron chi connectivity index (χ3n) is 1.93. The zero-order valence-electron chi connectivity index (χ0n) is 10.5. The van der Waals surface area contributed by atoms with E-state index in [1.54, 1.807) is 0 Å². The van der Waals surface area contributed by atoms with Gasteiger partial charge in [0.15, 0.2) is 0 Å². The molecule has 1 aromatic heterocycles. The van der Waals surface area contributed by atoms with E-state index < -0.39 is 24.6 Å². The van der Waals surface area contributed by atoms with Gasteiger partial charge in [-0.25, -0.2) is 9.55 Å². The molecule has 9 nitrogen and oxygen atoms in total. The fourth-order valence-corrected chi connectivity index (χ4v) is 3.14. The normalized spacial score (nSPS) is 11.8. The van der Waals surface area contributed by atoms with Crippen LogP contribution >= 0.6 is 7.82 Å². The van der Waals surface area contributed by atoms with Crippen LogP contribution in [0.25, 0.3) is 0 Å². The third-order valence-corrected chi connectivity index (χ3v) is 5.08. The van der Waals surface area contributed by atoms with Crippen LogP contribution in [0.3, 0.4) is 0 Å². The molecule has 112 valence electrons. The van der Waals surface area contributed by atoms with Crippen LogP contribution < -0.4 is 8.33 Å². The molecule has 0 bridgehead atoms. The predicted octanol–water partition coefficient (Wildman–Crippen LogP) is -0.687. The summed E-state index contributed by atoms with van der Waals surface area (Å²) in [5.74, 6) is 1.32. The Hall–Kier alpha value is -0.432. The van der Waals surface area contributed by atoms with E-state index in [0.29, 0.717) is 0 Å². The van der Waals surface area contributed by atoms with Crippen LogP contribution in [0.4, 0.5) is 0 Å². The Kier molecular flexibility index (Phi) is 7.81. The minimum absolute atomic E-state index is 1.17. The fourth-order valence-electron chi connectivity index (χ4n) is 1.15. The first-order valence-electron chi connectivity index (χ1n) is 5.29. The summed E-state index contributed by atoms with van der Waals surface area (Å²) in [6.07, 6.45) is 7.73. The predicted molar refractivity (Wildman–Crippen MR) is 55.1 cm³/mol. The Labute approximate surface area is 114 Å². The van der Waals surface area contributed by atoms with Gasteiger partial charge in [-0.3, -0.25) is 0 Å². The van der Waals surface area contributed by atoms with Crippen LogP contribution in [-0.2, 0) is 44.8 Å². The average molecular weight is 380 g/mol. The van der Waals surface area contributed by atoms with Gasteiger partial charge in [0.2, 0.25) is 0 Å². The van der Waals surface area contributed by atoms with Gasteiger partial charge in [-0.05, 0) is 6.42 Å². The SMILES string of the molecule is CCCCc1[nH]cc[n+]1C.O=P(O)(O)[O][Mo](=[O])(=[O])[O-]. The van der Waals surface area contributed by atoms with E-state index in [2.05, 4.69) is 26.7 Å². The summed E-state index contributed by atoms with van der Waals surface area (Å²) in [5, 5.41) is 0. The molecule has 0 radical (unpaired) electrons. The van der Waals surface area contributed by atoms with Gasteiger partial charge < -0.3 is 0 Å². The quantitative estimate of drug-likeness (QED) is 0.349. The second-order valence-electron chi connectivity index (χ2n) is 3.59. The van der Waals surface area contributed by atoms with Crippen LogP contribution in [0.1, 0.15) is 25.6 Å². The monoisotopic (exact) mass is 382 g/mol. The van der Waals surface area contributed by atoms with Crippen LogP contribution in [0.5, 0.6) is 0 Å². The molecule has 19 heavy (non-hydrogen) atoms. The summed E-state index contributed by atoms with van der Waals surface area (Å²) in [6.45, 7) is 2.21. The number of imidazole rings is 1. The number of H-pyrrole nitrogens is 1. The Morgan fingerprint density at radius 2 is 2.11 bits per heavy atom. The van der Waals surface area contributed by atoms with Gasteiger partial charge in [0, 0.05) is 6.42 Å². The Balaban J connectivity index is 0.000000344. The van der Waals surface area contributed by atoms with Gasteiger partial charge in [0.05, 0.1) is 7.05 Å². The first-order valence-corrected chi connectivity index (χ1v) is 10.1. The van der Waals surface area contributed by atoms with Crippen molar-refractivity contribution in [1.82, 2.24) is 4.98 Å². The van der Waals surface area contributed by atoms with Gasteiger partial charge >= 0.3 is 52.7 Å². The number of phosphoric acid groups is 1. The van der Waals surface area contributed by atoms with Crippen LogP contribution in [0, 0.1) is 0 Å². The molecular weight excluding hydrogens is 363 g/mol. The molecule has 0 saturated heterocycles. The maximum absolute atomic E-state index is 9.57. The van der Waals surface area contributed by atoms with Crippen molar-refractivity contribution >= 4 is 7.82 Å². The fraction of sp³-hybridized carbons (Fsp3) is 0.625. The minimum atomic E-state index is -6.28. The molecule has 0 aromatic carbocycles. The zero-order valence-corrected chi connectivity index (χ0v) is 13.4. The number of nitrogens with one attached hydrogen (secondary N) is 1. The maximum atomic E-state index is 9.57. The van der Waals surface area contributed by atoms with Crippen LogP contribution in [0.15, 0.2) is 12.4 Å². The van der Waals surface area contributed by atoms with Crippen molar-refractivity contribution in [2.75, 3.05) is 0 Å². The molecule has 0 spiro atoms. The molecule has 1 heterocycles. The first kappa shape index (κ1) is 18.6. The average Bonchev–Trinajstić information content (AvgIpc) is 2.56. The van der Waals surface area contributed by atoms with E-state index in [9.17, 15) is 15.1 Å². The molecule has 0 saturated carbocycles. The van der Waals surface area contributed by atoms with E-state index in [1.165, 1.54) is 25.1 Å². The summed E-state index contributed by atoms with van der Waals surface area (Å²) < 4.78 is 43.0. The number of rotatable bonds is 5. The molecule has 1 aromatic rings. The van der Waals surface area contributed by atoms with Gasteiger partial charge in [-0.2, -0.15) is 0 Å². The molecular formula is C8H17MoN2O7P. The van der Waals surface area contributed by atoms with Gasteiger partial charge in [-0.15, -0.1) is 0 Å². The molecule has 3 N–H and O–H groups in total. The Morgan fingerprint density at radius 1 is 1.53 bits per heavy atom. The van der Waals surface area contributed by atoms with Crippen molar-refractivity contribution in [3.63, 3.8) is 0 Å². The van der Waals surface area contributed by atoms with E-state index >= 15 is 0 Å². The van der Waals surface area contributed by atoms with Gasteiger partial charge in [0.1, 0.15) is 12.4 Å². The van der Waals surface area contributed by atoms with Gasteiger partial charge in [-0.1, -0.05) is 13.3 Å². The number of nitrogens with zero attached hydrogens (tertiary/aromatic N) is 1. The number of hydrogen-bond acceptors (Lipinski definition) is 5. The van der Waals surface area contributed by atoms with Crippen molar-refractivity contribution in [3.05, 3.63) is 18.2 Å². The van der Waals surface area contributed by atoms with E-state index in [4.69, 9.17) is 9.79 Å². The zero-order chi connectivity index (χ0) is 15.1. The standard InChI is InChI=1S/C8H14N2.Mo.H3O4P.3O/c1-3-4-5-8-9-6-7-10(8)2;;1-5(2,3)4;;;/h6-7H,3-5H2,1-2H3;;(H3,1,2,3,4);;;/q;+1;;;;-1. The molecule has 0 aliphatic heterocycles. The Bertz CT molecular complexity index is 521. The molecule has 0 aliphatic carbocycles. The molecule has 0 fully saturated rings. The molecule has 0 atom stereocenters. The summed E-state index contributed by atoms with van der Waals surface area (Å²) >= 11 is -6.28. The topological polar surface area (TPSA) is 144 Å². The number of aryl methyl sites for hydroxylation is 2. The summed E-state index contributed by atoms with van der Waals surface area (Å²) in [7, 11) is -3.07. The summed E-state index contributed by atoms with van der Waals surface area (Å²) in [4.78, 5) is 18.6. The third kappa shape index (κ3) is 11.1. The van der Waals surface area contributed by atoms with E-state index in [0.717, 1.165) is 0 Å². The van der Waals surface area contributed by atoms with Crippen molar-refractivity contribution in [2.24, 2.45) is 7.05 Å². The number of aromatic amines is 1. The summed E-state index contributed by atoms with van der Waals surface area (Å²) in [6, 6.07) is 0. The van der Waals surface area contributed by atoms with Crippen molar-refractivity contribution in [3.8, 4) is 0 Å². The van der Waals surface area contributed by atoms with Gasteiger partial charge in [0.25, 0.3) is 5.82 Å². The molecule has 11 heteroatoms. The Morgan fingerprint density at radius 3 is 2.37 bits per heavy atom. The van der Waals surface area contributed by atoms with Crippen LogP contribution in [0.2, 0.25) is 0 Å². The second kappa shape index (κ2) is 7.99. The summed E-state index contributed by atoms with van der Waals surface area (Å²) in [5.41, 5.74) is 0. The van der Waals surface area contributed by atoms with E-state index in [1.807, 2.05) is 12.4 Å². The number of hydrogen-bond donors (Lipinski definition) is 3. The molecule has 0 aliphatic rings. The number of aromatic nitrogens is 2.